The van der Waals surface area contributed by atoms with Crippen LogP contribution in [0.4, 0.5) is 0 Å². The van der Waals surface area contributed by atoms with Crippen LogP contribution in [0.25, 0.3) is 0 Å². The first-order chi connectivity index (χ1) is 7.67. The van der Waals surface area contributed by atoms with E-state index in [9.17, 15) is 9.59 Å². The molecule has 16 heavy (non-hydrogen) atoms. The zero-order valence-electron chi connectivity index (χ0n) is 9.82. The summed E-state index contributed by atoms with van der Waals surface area (Å²) in [5.41, 5.74) is 0. The van der Waals surface area contributed by atoms with Crippen molar-refractivity contribution in [2.45, 2.75) is 31.7 Å². The van der Waals surface area contributed by atoms with Crippen LogP contribution < -0.4 is 5.32 Å². The number of ether oxygens (including phenoxy) is 2. The van der Waals surface area contributed by atoms with Crippen LogP contribution in [0, 0.1) is 5.92 Å². The molecule has 0 spiro atoms. The van der Waals surface area contributed by atoms with Crippen LogP contribution in [-0.2, 0) is 19.1 Å². The molecule has 0 bridgehead atoms. The molecule has 1 rings (SSSR count). The summed E-state index contributed by atoms with van der Waals surface area (Å²) in [4.78, 5) is 22.5. The molecule has 0 atom stereocenters. The Labute approximate surface area is 95.5 Å². The first kappa shape index (κ1) is 13.0. The molecule has 0 heterocycles. The fourth-order valence-electron chi connectivity index (χ4n) is 2.04. The van der Waals surface area contributed by atoms with E-state index in [1.165, 1.54) is 14.2 Å². The normalized spacial score (nSPS) is 24.9. The van der Waals surface area contributed by atoms with Crippen LogP contribution >= 0.6 is 0 Å². The van der Waals surface area contributed by atoms with Crippen molar-refractivity contribution < 1.29 is 19.1 Å². The van der Waals surface area contributed by atoms with Gasteiger partial charge in [0.25, 0.3) is 0 Å². The lowest BCUT2D eigenvalue weighted by Crippen LogP contribution is -2.40. The van der Waals surface area contributed by atoms with E-state index in [0.717, 1.165) is 25.7 Å². The standard InChI is InChI=1S/C11H19NO4/c1-15-7-10(13)12-9-5-3-8(4-6-9)11(14)16-2/h8-9H,3-7H2,1-2H3,(H,12,13). The van der Waals surface area contributed by atoms with Crippen LogP contribution in [0.3, 0.4) is 0 Å². The highest BCUT2D eigenvalue weighted by Gasteiger charge is 2.27. The smallest absolute Gasteiger partial charge is 0.308 e. The minimum atomic E-state index is -0.137. The molecule has 1 amide bonds. The molecule has 1 aliphatic rings. The molecule has 0 aromatic heterocycles. The lowest BCUT2D eigenvalue weighted by molar-refractivity contribution is -0.146. The van der Waals surface area contributed by atoms with E-state index >= 15 is 0 Å². The Morgan fingerprint density at radius 3 is 2.31 bits per heavy atom. The van der Waals surface area contributed by atoms with Crippen molar-refractivity contribution in [2.75, 3.05) is 20.8 Å². The van der Waals surface area contributed by atoms with E-state index in [2.05, 4.69) is 5.32 Å². The summed E-state index contributed by atoms with van der Waals surface area (Å²) in [6, 6.07) is 0.170. The molecule has 0 unspecified atom stereocenters. The third-order valence-corrected chi connectivity index (χ3v) is 2.90. The highest BCUT2D eigenvalue weighted by molar-refractivity contribution is 5.77. The number of rotatable bonds is 4. The average molecular weight is 229 g/mol. The van der Waals surface area contributed by atoms with Crippen molar-refractivity contribution in [3.63, 3.8) is 0 Å². The monoisotopic (exact) mass is 229 g/mol. The van der Waals surface area contributed by atoms with E-state index in [1.807, 2.05) is 0 Å². The van der Waals surface area contributed by atoms with Crippen LogP contribution in [0.5, 0.6) is 0 Å². The van der Waals surface area contributed by atoms with Gasteiger partial charge in [-0.2, -0.15) is 0 Å². The van der Waals surface area contributed by atoms with Crippen molar-refractivity contribution in [3.05, 3.63) is 0 Å². The number of methoxy groups -OCH3 is 2. The van der Waals surface area contributed by atoms with Gasteiger partial charge < -0.3 is 14.8 Å². The zero-order chi connectivity index (χ0) is 12.0. The maximum Gasteiger partial charge on any atom is 0.308 e. The molecule has 1 saturated carbocycles. The third-order valence-electron chi connectivity index (χ3n) is 2.90. The number of nitrogens with one attached hydrogen (secondary N) is 1. The molecule has 1 aliphatic carbocycles. The van der Waals surface area contributed by atoms with Gasteiger partial charge in [-0.05, 0) is 25.7 Å². The van der Waals surface area contributed by atoms with Crippen LogP contribution in [0.15, 0.2) is 0 Å². The van der Waals surface area contributed by atoms with Gasteiger partial charge in [-0.1, -0.05) is 0 Å². The Bertz CT molecular complexity index is 246. The van der Waals surface area contributed by atoms with Crippen molar-refractivity contribution in [1.29, 1.82) is 0 Å². The van der Waals surface area contributed by atoms with Crippen molar-refractivity contribution in [1.82, 2.24) is 5.32 Å². The minimum absolute atomic E-state index is 0.000534. The van der Waals surface area contributed by atoms with Crippen molar-refractivity contribution >= 4 is 11.9 Å². The highest BCUT2D eigenvalue weighted by atomic mass is 16.5. The fraction of sp³-hybridized carbons (Fsp3) is 0.818. The number of hydrogen-bond donors (Lipinski definition) is 1. The van der Waals surface area contributed by atoms with E-state index in [0.29, 0.717) is 0 Å². The zero-order valence-corrected chi connectivity index (χ0v) is 9.82. The van der Waals surface area contributed by atoms with Crippen LogP contribution in [0.2, 0.25) is 0 Å². The average Bonchev–Trinajstić information content (AvgIpc) is 2.29. The summed E-state index contributed by atoms with van der Waals surface area (Å²) in [6.07, 6.45) is 3.22. The lowest BCUT2D eigenvalue weighted by atomic mass is 9.86. The van der Waals surface area contributed by atoms with Gasteiger partial charge in [-0.15, -0.1) is 0 Å². The molecular formula is C11H19NO4. The second-order valence-electron chi connectivity index (χ2n) is 4.07. The molecular weight excluding hydrogens is 210 g/mol. The predicted octanol–water partition coefficient (Wildman–Crippen LogP) is 0.481. The number of amides is 1. The molecule has 0 saturated heterocycles. The third kappa shape index (κ3) is 3.81. The maximum absolute atomic E-state index is 11.3. The Morgan fingerprint density at radius 1 is 1.19 bits per heavy atom. The van der Waals surface area contributed by atoms with E-state index in [1.54, 1.807) is 0 Å². The summed E-state index contributed by atoms with van der Waals surface area (Å²) in [5, 5.41) is 2.88. The highest BCUT2D eigenvalue weighted by Crippen LogP contribution is 2.25. The largest absolute Gasteiger partial charge is 0.469 e. The van der Waals surface area contributed by atoms with Crippen LogP contribution in [0.1, 0.15) is 25.7 Å². The lowest BCUT2D eigenvalue weighted by Gasteiger charge is -2.27. The van der Waals surface area contributed by atoms with Gasteiger partial charge >= 0.3 is 5.97 Å². The minimum Gasteiger partial charge on any atom is -0.469 e. The topological polar surface area (TPSA) is 64.6 Å². The Kier molecular flexibility index (Phi) is 5.25. The Morgan fingerprint density at radius 2 is 1.81 bits per heavy atom. The summed E-state index contributed by atoms with van der Waals surface area (Å²) >= 11 is 0. The summed E-state index contributed by atoms with van der Waals surface area (Å²) < 4.78 is 9.43. The van der Waals surface area contributed by atoms with Crippen LogP contribution in [-0.4, -0.2) is 38.7 Å². The number of esters is 1. The van der Waals surface area contributed by atoms with E-state index < -0.39 is 0 Å². The van der Waals surface area contributed by atoms with E-state index in [-0.39, 0.29) is 30.4 Å². The predicted molar refractivity (Wildman–Crippen MR) is 57.8 cm³/mol. The van der Waals surface area contributed by atoms with Gasteiger partial charge in [-0.25, -0.2) is 0 Å². The molecule has 92 valence electrons. The van der Waals surface area contributed by atoms with Gasteiger partial charge in [0.05, 0.1) is 13.0 Å². The van der Waals surface area contributed by atoms with Gasteiger partial charge in [0, 0.05) is 13.2 Å². The second kappa shape index (κ2) is 6.48. The van der Waals surface area contributed by atoms with Crippen molar-refractivity contribution in [3.8, 4) is 0 Å². The van der Waals surface area contributed by atoms with Gasteiger partial charge in [0.15, 0.2) is 0 Å². The second-order valence-corrected chi connectivity index (χ2v) is 4.07. The Hall–Kier alpha value is -1.10. The quantitative estimate of drug-likeness (QED) is 0.712. The van der Waals surface area contributed by atoms with Gasteiger partial charge in [0.1, 0.15) is 6.61 Å². The van der Waals surface area contributed by atoms with E-state index in [4.69, 9.17) is 9.47 Å². The first-order valence-corrected chi connectivity index (χ1v) is 5.53. The SMILES string of the molecule is COCC(=O)NC1CCC(C(=O)OC)CC1. The molecule has 0 radical (unpaired) electrons. The number of hydrogen-bond acceptors (Lipinski definition) is 4. The summed E-state index contributed by atoms with van der Waals surface area (Å²) in [5.74, 6) is -0.230. The maximum atomic E-state index is 11.3. The van der Waals surface area contributed by atoms with Gasteiger partial charge in [-0.3, -0.25) is 9.59 Å². The fourth-order valence-corrected chi connectivity index (χ4v) is 2.04. The molecule has 1 fully saturated rings. The van der Waals surface area contributed by atoms with Crippen molar-refractivity contribution in [2.24, 2.45) is 5.92 Å². The number of carbonyl (C=O) groups is 2. The molecule has 5 nitrogen and oxygen atoms in total. The molecule has 0 aliphatic heterocycles. The Balaban J connectivity index is 2.26. The van der Waals surface area contributed by atoms with Gasteiger partial charge in [0.2, 0.25) is 5.91 Å². The first-order valence-electron chi connectivity index (χ1n) is 5.53. The molecule has 5 heteroatoms. The molecule has 0 aromatic rings. The molecule has 0 aromatic carbocycles. The summed E-state index contributed by atoms with van der Waals surface area (Å²) in [7, 11) is 2.91. The number of carbonyl (C=O) groups excluding carboxylic acids is 2. The summed E-state index contributed by atoms with van der Waals surface area (Å²) in [6.45, 7) is 0.0942. The molecule has 1 N–H and O–H groups in total.